The van der Waals surface area contributed by atoms with Gasteiger partial charge in [-0.05, 0) is 19.1 Å². The second-order valence-electron chi connectivity index (χ2n) is 5.30. The lowest BCUT2D eigenvalue weighted by molar-refractivity contribution is 0.128. The van der Waals surface area contributed by atoms with E-state index in [2.05, 4.69) is 9.97 Å². The van der Waals surface area contributed by atoms with Gasteiger partial charge >= 0.3 is 0 Å². The highest BCUT2D eigenvalue weighted by Gasteiger charge is 2.25. The predicted octanol–water partition coefficient (Wildman–Crippen LogP) is 4.11. The van der Waals surface area contributed by atoms with Crippen molar-refractivity contribution in [2.45, 2.75) is 37.3 Å². The van der Waals surface area contributed by atoms with Crippen molar-refractivity contribution in [3.8, 4) is 0 Å². The minimum absolute atomic E-state index is 0.179. The number of methoxy groups -OCH3 is 1. The van der Waals surface area contributed by atoms with E-state index in [9.17, 15) is 9.18 Å². The highest BCUT2D eigenvalue weighted by atomic mass is 35.5. The van der Waals surface area contributed by atoms with Gasteiger partial charge < -0.3 is 9.72 Å². The van der Waals surface area contributed by atoms with Crippen LogP contribution in [0.4, 0.5) is 4.39 Å². The number of hydrogen-bond acceptors (Lipinski definition) is 4. The molecule has 1 unspecified atom stereocenters. The van der Waals surface area contributed by atoms with Gasteiger partial charge in [0, 0.05) is 28.5 Å². The van der Waals surface area contributed by atoms with Gasteiger partial charge in [-0.25, -0.2) is 9.37 Å². The van der Waals surface area contributed by atoms with Gasteiger partial charge in [-0.2, -0.15) is 0 Å². The molecule has 124 valence electrons. The summed E-state index contributed by atoms with van der Waals surface area (Å²) in [7, 11) is 1.44. The van der Waals surface area contributed by atoms with Gasteiger partial charge in [0.2, 0.25) is 0 Å². The zero-order valence-corrected chi connectivity index (χ0v) is 14.9. The maximum atomic E-state index is 14.2. The molecule has 2 aromatic rings. The molecule has 0 amide bonds. The molecule has 1 heterocycles. The lowest BCUT2D eigenvalue weighted by atomic mass is 10.0. The van der Waals surface area contributed by atoms with Gasteiger partial charge in [-0.15, -0.1) is 0 Å². The molecule has 0 saturated heterocycles. The molecule has 1 atom stereocenters. The largest absolute Gasteiger partial charge is 0.370 e. The first-order valence-electron chi connectivity index (χ1n) is 7.09. The van der Waals surface area contributed by atoms with Crippen molar-refractivity contribution >= 4 is 23.4 Å². The Labute approximate surface area is 143 Å². The quantitative estimate of drug-likeness (QED) is 0.647. The lowest BCUT2D eigenvalue weighted by Gasteiger charge is -2.19. The Morgan fingerprint density at radius 2 is 2.09 bits per heavy atom. The molecule has 7 heteroatoms. The number of nitrogens with zero attached hydrogens (tertiary/aromatic N) is 1. The molecule has 0 fully saturated rings. The molecule has 1 aromatic heterocycles. The van der Waals surface area contributed by atoms with E-state index in [1.165, 1.54) is 31.0 Å². The number of aromatic amines is 1. The zero-order valence-electron chi connectivity index (χ0n) is 13.3. The van der Waals surface area contributed by atoms with Crippen LogP contribution < -0.4 is 5.56 Å². The molecule has 23 heavy (non-hydrogen) atoms. The van der Waals surface area contributed by atoms with Crippen molar-refractivity contribution in [2.24, 2.45) is 0 Å². The molecule has 0 radical (unpaired) electrons. The smallest absolute Gasteiger partial charge is 0.254 e. The standard InChI is InChI=1S/C16H18ClFN2O2S/c1-8(2)23-16-19-13(9(3)15(21)20-16)14(22-4)12-10(17)6-5-7-11(12)18/h5-8,14H,1-4H3,(H,19,20,21). The summed E-state index contributed by atoms with van der Waals surface area (Å²) in [5.41, 5.74) is 0.654. The van der Waals surface area contributed by atoms with Crippen molar-refractivity contribution < 1.29 is 9.13 Å². The van der Waals surface area contributed by atoms with Crippen LogP contribution in [0.25, 0.3) is 0 Å². The summed E-state index contributed by atoms with van der Waals surface area (Å²) >= 11 is 7.55. The fraction of sp³-hybridized carbons (Fsp3) is 0.375. The molecule has 1 aromatic carbocycles. The number of halogens is 2. The second kappa shape index (κ2) is 7.47. The van der Waals surface area contributed by atoms with Crippen LogP contribution in [0, 0.1) is 12.7 Å². The van der Waals surface area contributed by atoms with E-state index in [0.717, 1.165) is 0 Å². The van der Waals surface area contributed by atoms with Crippen LogP contribution in [0.15, 0.2) is 28.2 Å². The van der Waals surface area contributed by atoms with E-state index in [0.29, 0.717) is 16.4 Å². The number of benzene rings is 1. The van der Waals surface area contributed by atoms with Crippen LogP contribution in [0.3, 0.4) is 0 Å². The molecule has 1 N–H and O–H groups in total. The molecule has 0 aliphatic rings. The highest BCUT2D eigenvalue weighted by molar-refractivity contribution is 7.99. The molecule has 0 aliphatic heterocycles. The minimum atomic E-state index is -0.850. The summed E-state index contributed by atoms with van der Waals surface area (Å²) in [5, 5.41) is 0.947. The van der Waals surface area contributed by atoms with Crippen LogP contribution in [0.5, 0.6) is 0 Å². The summed E-state index contributed by atoms with van der Waals surface area (Å²) in [6, 6.07) is 4.41. The average Bonchev–Trinajstić information content (AvgIpc) is 2.46. The van der Waals surface area contributed by atoms with E-state index in [4.69, 9.17) is 16.3 Å². The predicted molar refractivity (Wildman–Crippen MR) is 90.8 cm³/mol. The van der Waals surface area contributed by atoms with Crippen molar-refractivity contribution in [3.63, 3.8) is 0 Å². The third-order valence-corrected chi connectivity index (χ3v) is 4.48. The Morgan fingerprint density at radius 1 is 1.39 bits per heavy atom. The number of rotatable bonds is 5. The first-order chi connectivity index (χ1) is 10.8. The molecule has 0 aliphatic carbocycles. The molecular formula is C16H18ClFN2O2S. The number of aromatic nitrogens is 2. The fourth-order valence-corrected chi connectivity index (χ4v) is 3.20. The van der Waals surface area contributed by atoms with Crippen LogP contribution in [0.2, 0.25) is 5.02 Å². The van der Waals surface area contributed by atoms with Gasteiger partial charge in [-0.1, -0.05) is 43.3 Å². The van der Waals surface area contributed by atoms with E-state index in [-0.39, 0.29) is 21.4 Å². The summed E-state index contributed by atoms with van der Waals surface area (Å²) < 4.78 is 19.7. The first-order valence-corrected chi connectivity index (χ1v) is 8.35. The van der Waals surface area contributed by atoms with E-state index in [1.54, 1.807) is 13.0 Å². The summed E-state index contributed by atoms with van der Waals surface area (Å²) in [4.78, 5) is 19.4. The maximum Gasteiger partial charge on any atom is 0.254 e. The normalized spacial score (nSPS) is 12.7. The highest BCUT2D eigenvalue weighted by Crippen LogP contribution is 2.33. The van der Waals surface area contributed by atoms with Gasteiger partial charge in [0.25, 0.3) is 5.56 Å². The lowest BCUT2D eigenvalue weighted by Crippen LogP contribution is -2.20. The molecule has 0 bridgehead atoms. The first kappa shape index (κ1) is 18.0. The third-order valence-electron chi connectivity index (χ3n) is 3.26. The molecular weight excluding hydrogens is 339 g/mol. The van der Waals surface area contributed by atoms with Crippen molar-refractivity contribution in [2.75, 3.05) is 7.11 Å². The Morgan fingerprint density at radius 3 is 2.65 bits per heavy atom. The Bertz CT molecular complexity index is 744. The van der Waals surface area contributed by atoms with Gasteiger partial charge in [-0.3, -0.25) is 4.79 Å². The number of nitrogens with one attached hydrogen (secondary N) is 1. The Kier molecular flexibility index (Phi) is 5.84. The number of ether oxygens (including phenoxy) is 1. The number of H-pyrrole nitrogens is 1. The zero-order chi connectivity index (χ0) is 17.1. The van der Waals surface area contributed by atoms with Crippen LogP contribution in [0.1, 0.15) is 36.8 Å². The monoisotopic (exact) mass is 356 g/mol. The summed E-state index contributed by atoms with van der Waals surface area (Å²) in [5.74, 6) is -0.496. The Balaban J connectivity index is 2.62. The van der Waals surface area contributed by atoms with Crippen LogP contribution in [-0.4, -0.2) is 22.3 Å². The summed E-state index contributed by atoms with van der Waals surface area (Å²) in [6.07, 6.45) is -0.850. The summed E-state index contributed by atoms with van der Waals surface area (Å²) in [6.45, 7) is 5.61. The fourth-order valence-electron chi connectivity index (χ4n) is 2.19. The topological polar surface area (TPSA) is 55.0 Å². The van der Waals surface area contributed by atoms with Crippen molar-refractivity contribution in [1.82, 2.24) is 9.97 Å². The minimum Gasteiger partial charge on any atom is -0.370 e. The average molecular weight is 357 g/mol. The maximum absolute atomic E-state index is 14.2. The van der Waals surface area contributed by atoms with E-state index < -0.39 is 11.9 Å². The molecule has 4 nitrogen and oxygen atoms in total. The van der Waals surface area contributed by atoms with E-state index in [1.807, 2.05) is 13.8 Å². The van der Waals surface area contributed by atoms with Crippen molar-refractivity contribution in [3.05, 3.63) is 56.2 Å². The molecule has 2 rings (SSSR count). The van der Waals surface area contributed by atoms with Crippen molar-refractivity contribution in [1.29, 1.82) is 0 Å². The van der Waals surface area contributed by atoms with Gasteiger partial charge in [0.1, 0.15) is 11.9 Å². The second-order valence-corrected chi connectivity index (χ2v) is 7.27. The molecule has 0 saturated carbocycles. The van der Waals surface area contributed by atoms with Gasteiger partial charge in [0.15, 0.2) is 5.16 Å². The van der Waals surface area contributed by atoms with Crippen LogP contribution in [-0.2, 0) is 4.74 Å². The van der Waals surface area contributed by atoms with E-state index >= 15 is 0 Å². The van der Waals surface area contributed by atoms with Gasteiger partial charge in [0.05, 0.1) is 5.69 Å². The number of thioether (sulfide) groups is 1. The molecule has 0 spiro atoms. The Hall–Kier alpha value is -1.37. The SMILES string of the molecule is COC(c1nc(SC(C)C)[nH]c(=O)c1C)c1c(F)cccc1Cl. The third kappa shape index (κ3) is 3.94. The van der Waals surface area contributed by atoms with Crippen LogP contribution >= 0.6 is 23.4 Å². The number of hydrogen-bond donors (Lipinski definition) is 1.